The van der Waals surface area contributed by atoms with Gasteiger partial charge in [-0.25, -0.2) is 4.68 Å². The number of aryl methyl sites for hydroxylation is 1. The molecule has 2 aromatic carbocycles. The first-order chi connectivity index (χ1) is 12.2. The molecule has 124 valence electrons. The molecule has 0 aliphatic rings. The molecule has 0 aliphatic carbocycles. The SMILES string of the molecule is Cn1nnnc1-c1ccc(NC(=O)Cc2c[nH]c3ccccc23)cc1. The van der Waals surface area contributed by atoms with E-state index in [9.17, 15) is 4.79 Å². The molecule has 0 fully saturated rings. The predicted octanol–water partition coefficient (Wildman–Crippen LogP) is 2.54. The number of hydrogen-bond acceptors (Lipinski definition) is 4. The molecule has 4 rings (SSSR count). The zero-order chi connectivity index (χ0) is 17.2. The van der Waals surface area contributed by atoms with Crippen LogP contribution in [-0.2, 0) is 18.3 Å². The Bertz CT molecular complexity index is 1030. The van der Waals surface area contributed by atoms with Gasteiger partial charge in [0, 0.05) is 35.4 Å². The van der Waals surface area contributed by atoms with Crippen molar-refractivity contribution < 1.29 is 4.79 Å². The van der Waals surface area contributed by atoms with Crippen LogP contribution in [0.1, 0.15) is 5.56 Å². The van der Waals surface area contributed by atoms with Crippen LogP contribution in [-0.4, -0.2) is 31.1 Å². The van der Waals surface area contributed by atoms with Crippen LogP contribution >= 0.6 is 0 Å². The third-order valence-corrected chi connectivity index (χ3v) is 4.07. The lowest BCUT2D eigenvalue weighted by atomic mass is 10.1. The van der Waals surface area contributed by atoms with E-state index in [4.69, 9.17) is 0 Å². The second-order valence-corrected chi connectivity index (χ2v) is 5.79. The van der Waals surface area contributed by atoms with E-state index in [0.717, 1.165) is 27.7 Å². The first kappa shape index (κ1) is 15.1. The number of benzene rings is 2. The zero-order valence-corrected chi connectivity index (χ0v) is 13.6. The summed E-state index contributed by atoms with van der Waals surface area (Å²) in [6, 6.07) is 15.4. The number of fused-ring (bicyclic) bond motifs is 1. The lowest BCUT2D eigenvalue weighted by molar-refractivity contribution is -0.115. The van der Waals surface area contributed by atoms with Crippen LogP contribution in [0.15, 0.2) is 54.7 Å². The van der Waals surface area contributed by atoms with Gasteiger partial charge in [-0.15, -0.1) is 5.10 Å². The normalized spacial score (nSPS) is 10.9. The number of aromatic nitrogens is 5. The van der Waals surface area contributed by atoms with Gasteiger partial charge in [0.25, 0.3) is 0 Å². The number of hydrogen-bond donors (Lipinski definition) is 2. The fourth-order valence-electron chi connectivity index (χ4n) is 2.83. The maximum absolute atomic E-state index is 12.3. The number of amides is 1. The van der Waals surface area contributed by atoms with Crippen molar-refractivity contribution in [2.24, 2.45) is 7.05 Å². The summed E-state index contributed by atoms with van der Waals surface area (Å²) in [5, 5.41) is 15.4. The highest BCUT2D eigenvalue weighted by Crippen LogP contribution is 2.20. The molecule has 0 radical (unpaired) electrons. The minimum absolute atomic E-state index is 0.0576. The second-order valence-electron chi connectivity index (χ2n) is 5.79. The zero-order valence-electron chi connectivity index (χ0n) is 13.6. The van der Waals surface area contributed by atoms with Crippen LogP contribution in [0.4, 0.5) is 5.69 Å². The van der Waals surface area contributed by atoms with Crippen LogP contribution in [0.2, 0.25) is 0 Å². The van der Waals surface area contributed by atoms with Crippen LogP contribution in [0.25, 0.3) is 22.3 Å². The summed E-state index contributed by atoms with van der Waals surface area (Å²) in [7, 11) is 1.78. The van der Waals surface area contributed by atoms with Gasteiger partial charge in [-0.2, -0.15) is 0 Å². The first-order valence-electron chi connectivity index (χ1n) is 7.88. The van der Waals surface area contributed by atoms with Crippen molar-refractivity contribution in [2.45, 2.75) is 6.42 Å². The fourth-order valence-corrected chi connectivity index (χ4v) is 2.83. The van der Waals surface area contributed by atoms with Crippen molar-refractivity contribution in [2.75, 3.05) is 5.32 Å². The van der Waals surface area contributed by atoms with E-state index in [2.05, 4.69) is 25.8 Å². The molecular weight excluding hydrogens is 316 g/mol. The Labute approximate surface area is 143 Å². The van der Waals surface area contributed by atoms with Gasteiger partial charge in [0.2, 0.25) is 5.91 Å². The molecule has 2 aromatic heterocycles. The van der Waals surface area contributed by atoms with Gasteiger partial charge in [0.1, 0.15) is 0 Å². The van der Waals surface area contributed by atoms with Crippen LogP contribution in [0.5, 0.6) is 0 Å². The Kier molecular flexibility index (Phi) is 3.74. The summed E-state index contributed by atoms with van der Waals surface area (Å²) in [6.07, 6.45) is 2.20. The summed E-state index contributed by atoms with van der Waals surface area (Å²) in [4.78, 5) is 15.5. The highest BCUT2D eigenvalue weighted by molar-refractivity contribution is 5.95. The van der Waals surface area contributed by atoms with Gasteiger partial charge < -0.3 is 10.3 Å². The number of H-pyrrole nitrogens is 1. The predicted molar refractivity (Wildman–Crippen MR) is 94.9 cm³/mol. The standard InChI is InChI=1S/C18H16N6O/c1-24-18(21-22-23-24)12-6-8-14(9-7-12)20-17(25)10-13-11-19-16-5-3-2-4-15(13)16/h2-9,11,19H,10H2,1H3,(H,20,25). The molecule has 4 aromatic rings. The van der Waals surface area contributed by atoms with Crippen LogP contribution < -0.4 is 5.32 Å². The number of tetrazole rings is 1. The summed E-state index contributed by atoms with van der Waals surface area (Å²) >= 11 is 0. The molecule has 7 heteroatoms. The molecule has 0 bridgehead atoms. The van der Waals surface area contributed by atoms with E-state index in [1.54, 1.807) is 11.7 Å². The average molecular weight is 332 g/mol. The third-order valence-electron chi connectivity index (χ3n) is 4.07. The van der Waals surface area contributed by atoms with Gasteiger partial charge in [0.05, 0.1) is 6.42 Å². The monoisotopic (exact) mass is 332 g/mol. The highest BCUT2D eigenvalue weighted by atomic mass is 16.1. The summed E-state index contributed by atoms with van der Waals surface area (Å²) < 4.78 is 1.60. The molecule has 0 spiro atoms. The quantitative estimate of drug-likeness (QED) is 0.601. The summed E-state index contributed by atoms with van der Waals surface area (Å²) in [5.74, 6) is 0.620. The lowest BCUT2D eigenvalue weighted by Crippen LogP contribution is -2.14. The number of aromatic amines is 1. The van der Waals surface area contributed by atoms with Gasteiger partial charge in [-0.1, -0.05) is 18.2 Å². The first-order valence-corrected chi connectivity index (χ1v) is 7.88. The minimum Gasteiger partial charge on any atom is -0.361 e. The topological polar surface area (TPSA) is 88.5 Å². The van der Waals surface area contributed by atoms with E-state index in [0.29, 0.717) is 12.2 Å². The molecule has 0 saturated heterocycles. The number of anilines is 1. The average Bonchev–Trinajstić information content (AvgIpc) is 3.22. The van der Waals surface area contributed by atoms with Crippen molar-refractivity contribution in [3.05, 3.63) is 60.3 Å². The number of carbonyl (C=O) groups is 1. The molecule has 0 saturated carbocycles. The van der Waals surface area contributed by atoms with Crippen molar-refractivity contribution >= 4 is 22.5 Å². The smallest absolute Gasteiger partial charge is 0.228 e. The fraction of sp³-hybridized carbons (Fsp3) is 0.111. The lowest BCUT2D eigenvalue weighted by Gasteiger charge is -2.06. The largest absolute Gasteiger partial charge is 0.361 e. The van der Waals surface area contributed by atoms with E-state index < -0.39 is 0 Å². The maximum atomic E-state index is 12.3. The maximum Gasteiger partial charge on any atom is 0.228 e. The van der Waals surface area contributed by atoms with Crippen molar-refractivity contribution in [1.29, 1.82) is 0 Å². The number of rotatable bonds is 4. The van der Waals surface area contributed by atoms with Gasteiger partial charge in [0.15, 0.2) is 5.82 Å². The van der Waals surface area contributed by atoms with E-state index in [-0.39, 0.29) is 5.91 Å². The van der Waals surface area contributed by atoms with Crippen LogP contribution in [0, 0.1) is 0 Å². The molecule has 1 amide bonds. The van der Waals surface area contributed by atoms with Crippen molar-refractivity contribution in [3.63, 3.8) is 0 Å². The van der Waals surface area contributed by atoms with Gasteiger partial charge in [-0.3, -0.25) is 4.79 Å². The third kappa shape index (κ3) is 2.99. The Morgan fingerprint density at radius 1 is 1.16 bits per heavy atom. The Balaban J connectivity index is 1.47. The van der Waals surface area contributed by atoms with Crippen molar-refractivity contribution in [3.8, 4) is 11.4 Å². The summed E-state index contributed by atoms with van der Waals surface area (Å²) in [5.41, 5.74) is 3.65. The van der Waals surface area contributed by atoms with Gasteiger partial charge in [-0.05, 0) is 46.3 Å². The molecule has 0 unspecified atom stereocenters. The van der Waals surface area contributed by atoms with E-state index >= 15 is 0 Å². The molecule has 2 heterocycles. The number of nitrogens with zero attached hydrogens (tertiary/aromatic N) is 4. The molecule has 25 heavy (non-hydrogen) atoms. The second kappa shape index (κ2) is 6.20. The highest BCUT2D eigenvalue weighted by Gasteiger charge is 2.10. The summed E-state index contributed by atoms with van der Waals surface area (Å²) in [6.45, 7) is 0. The number of para-hydroxylation sites is 1. The molecular formula is C18H16N6O. The number of carbonyl (C=O) groups excluding carboxylic acids is 1. The molecule has 0 atom stereocenters. The molecule has 2 N–H and O–H groups in total. The molecule has 7 nitrogen and oxygen atoms in total. The van der Waals surface area contributed by atoms with Crippen LogP contribution in [0.3, 0.4) is 0 Å². The Morgan fingerprint density at radius 3 is 2.72 bits per heavy atom. The van der Waals surface area contributed by atoms with Crippen molar-refractivity contribution in [1.82, 2.24) is 25.2 Å². The van der Waals surface area contributed by atoms with E-state index in [1.807, 2.05) is 54.7 Å². The Hall–Kier alpha value is -3.48. The minimum atomic E-state index is -0.0576. The Morgan fingerprint density at radius 2 is 1.96 bits per heavy atom. The van der Waals surface area contributed by atoms with Gasteiger partial charge >= 0.3 is 0 Å². The number of nitrogens with one attached hydrogen (secondary N) is 2. The molecule has 0 aliphatic heterocycles. The van der Waals surface area contributed by atoms with E-state index in [1.165, 1.54) is 0 Å².